The third kappa shape index (κ3) is 3.71. The van der Waals surface area contributed by atoms with Gasteiger partial charge in [-0.25, -0.2) is 0 Å². The van der Waals surface area contributed by atoms with Crippen molar-refractivity contribution in [3.8, 4) is 5.75 Å². The highest BCUT2D eigenvalue weighted by atomic mass is 32.2. The van der Waals surface area contributed by atoms with Crippen molar-refractivity contribution in [1.82, 2.24) is 5.32 Å². The Morgan fingerprint density at radius 3 is 2.50 bits per heavy atom. The van der Waals surface area contributed by atoms with E-state index in [1.807, 2.05) is 12.1 Å². The SMILES string of the molecule is COc1ccc([C@@H]2CC(COS(C)(=O)=O)NC2=O)cc1. The van der Waals surface area contributed by atoms with Crippen LogP contribution in [0, 0.1) is 0 Å². The molecule has 1 aromatic carbocycles. The Bertz CT molecular complexity index is 581. The zero-order valence-electron chi connectivity index (χ0n) is 11.3. The average molecular weight is 299 g/mol. The normalized spacial score (nSPS) is 22.6. The fourth-order valence-electron chi connectivity index (χ4n) is 2.19. The smallest absolute Gasteiger partial charge is 0.264 e. The Hall–Kier alpha value is -1.60. The van der Waals surface area contributed by atoms with Crippen LogP contribution in [0.3, 0.4) is 0 Å². The Balaban J connectivity index is 2.01. The Kier molecular flexibility index (Phi) is 4.29. The summed E-state index contributed by atoms with van der Waals surface area (Å²) in [5.74, 6) is 0.329. The molecule has 1 aliphatic heterocycles. The number of amides is 1. The summed E-state index contributed by atoms with van der Waals surface area (Å²) in [5, 5.41) is 2.74. The number of rotatable bonds is 5. The van der Waals surface area contributed by atoms with Crippen LogP contribution >= 0.6 is 0 Å². The summed E-state index contributed by atoms with van der Waals surface area (Å²) in [6.07, 6.45) is 1.51. The first kappa shape index (κ1) is 14.8. The lowest BCUT2D eigenvalue weighted by Crippen LogP contribution is -2.30. The summed E-state index contributed by atoms with van der Waals surface area (Å²) in [7, 11) is -1.91. The molecule has 0 aliphatic carbocycles. The van der Waals surface area contributed by atoms with Gasteiger partial charge in [0.2, 0.25) is 5.91 Å². The minimum Gasteiger partial charge on any atom is -0.497 e. The van der Waals surface area contributed by atoms with E-state index in [1.165, 1.54) is 0 Å². The molecule has 6 nitrogen and oxygen atoms in total. The van der Waals surface area contributed by atoms with Gasteiger partial charge < -0.3 is 10.1 Å². The molecule has 0 radical (unpaired) electrons. The molecule has 1 aliphatic rings. The van der Waals surface area contributed by atoms with E-state index in [-0.39, 0.29) is 24.5 Å². The molecule has 1 aromatic rings. The maximum atomic E-state index is 11.9. The van der Waals surface area contributed by atoms with Gasteiger partial charge >= 0.3 is 0 Å². The first-order chi connectivity index (χ1) is 9.39. The van der Waals surface area contributed by atoms with Gasteiger partial charge in [0.15, 0.2) is 0 Å². The molecular weight excluding hydrogens is 282 g/mol. The zero-order valence-corrected chi connectivity index (χ0v) is 12.1. The molecule has 7 heteroatoms. The minimum atomic E-state index is -3.49. The predicted molar refractivity (Wildman–Crippen MR) is 73.1 cm³/mol. The Labute approximate surface area is 118 Å². The van der Waals surface area contributed by atoms with Crippen molar-refractivity contribution in [1.29, 1.82) is 0 Å². The molecule has 1 heterocycles. The summed E-state index contributed by atoms with van der Waals surface area (Å²) in [6, 6.07) is 6.97. The third-order valence-electron chi connectivity index (χ3n) is 3.18. The van der Waals surface area contributed by atoms with E-state index < -0.39 is 10.1 Å². The molecule has 20 heavy (non-hydrogen) atoms. The van der Waals surface area contributed by atoms with Crippen molar-refractivity contribution < 1.29 is 22.1 Å². The van der Waals surface area contributed by atoms with Gasteiger partial charge in [0.1, 0.15) is 5.75 Å². The van der Waals surface area contributed by atoms with Gasteiger partial charge in [-0.05, 0) is 24.1 Å². The van der Waals surface area contributed by atoms with Crippen LogP contribution in [0.15, 0.2) is 24.3 Å². The number of methoxy groups -OCH3 is 1. The molecule has 0 saturated carbocycles. The quantitative estimate of drug-likeness (QED) is 0.807. The molecule has 0 aromatic heterocycles. The molecule has 1 unspecified atom stereocenters. The van der Waals surface area contributed by atoms with Gasteiger partial charge in [0.25, 0.3) is 10.1 Å². The zero-order chi connectivity index (χ0) is 14.8. The number of benzene rings is 1. The number of carbonyl (C=O) groups excluding carboxylic acids is 1. The molecule has 0 spiro atoms. The summed E-state index contributed by atoms with van der Waals surface area (Å²) >= 11 is 0. The lowest BCUT2D eigenvalue weighted by Gasteiger charge is -2.09. The largest absolute Gasteiger partial charge is 0.497 e. The third-order valence-corrected chi connectivity index (χ3v) is 3.75. The second-order valence-corrected chi connectivity index (χ2v) is 6.40. The van der Waals surface area contributed by atoms with Crippen LogP contribution in [0.1, 0.15) is 17.9 Å². The second kappa shape index (κ2) is 5.80. The van der Waals surface area contributed by atoms with Crippen LogP contribution in [0.4, 0.5) is 0 Å². The van der Waals surface area contributed by atoms with E-state index >= 15 is 0 Å². The second-order valence-electron chi connectivity index (χ2n) is 4.76. The summed E-state index contributed by atoms with van der Waals surface area (Å²) < 4.78 is 31.7. The summed E-state index contributed by atoms with van der Waals surface area (Å²) in [5.41, 5.74) is 0.880. The van der Waals surface area contributed by atoms with Crippen LogP contribution < -0.4 is 10.1 Å². The molecule has 0 bridgehead atoms. The Morgan fingerprint density at radius 1 is 1.30 bits per heavy atom. The van der Waals surface area contributed by atoms with Crippen LogP contribution in [0.25, 0.3) is 0 Å². The van der Waals surface area contributed by atoms with Gasteiger partial charge in [-0.1, -0.05) is 12.1 Å². The average Bonchev–Trinajstić information content (AvgIpc) is 2.77. The first-order valence-corrected chi connectivity index (χ1v) is 7.99. The van der Waals surface area contributed by atoms with Crippen molar-refractivity contribution >= 4 is 16.0 Å². The van der Waals surface area contributed by atoms with Crippen LogP contribution in [0.2, 0.25) is 0 Å². The maximum absolute atomic E-state index is 11.9. The monoisotopic (exact) mass is 299 g/mol. The fraction of sp³-hybridized carbons (Fsp3) is 0.462. The molecule has 110 valence electrons. The van der Waals surface area contributed by atoms with Crippen molar-refractivity contribution in [3.63, 3.8) is 0 Å². The van der Waals surface area contributed by atoms with Gasteiger partial charge in [0, 0.05) is 0 Å². The molecule has 1 N–H and O–H groups in total. The van der Waals surface area contributed by atoms with Crippen molar-refractivity contribution in [2.75, 3.05) is 20.0 Å². The van der Waals surface area contributed by atoms with Gasteiger partial charge in [-0.2, -0.15) is 8.42 Å². The highest BCUT2D eigenvalue weighted by Gasteiger charge is 2.33. The fourth-order valence-corrected chi connectivity index (χ4v) is 2.60. The summed E-state index contributed by atoms with van der Waals surface area (Å²) in [6.45, 7) is -0.0305. The van der Waals surface area contributed by atoms with Gasteiger partial charge in [-0.3, -0.25) is 8.98 Å². The van der Waals surface area contributed by atoms with E-state index in [4.69, 9.17) is 8.92 Å². The molecule has 1 amide bonds. The predicted octanol–water partition coefficient (Wildman–Crippen LogP) is 0.643. The number of nitrogens with one attached hydrogen (secondary N) is 1. The van der Waals surface area contributed by atoms with E-state index in [1.54, 1.807) is 19.2 Å². The van der Waals surface area contributed by atoms with E-state index in [2.05, 4.69) is 5.32 Å². The molecule has 2 atom stereocenters. The molecule has 1 saturated heterocycles. The topological polar surface area (TPSA) is 81.7 Å². The number of hydrogen-bond donors (Lipinski definition) is 1. The van der Waals surface area contributed by atoms with E-state index in [0.29, 0.717) is 6.42 Å². The Morgan fingerprint density at radius 2 is 1.95 bits per heavy atom. The number of ether oxygens (including phenoxy) is 1. The highest BCUT2D eigenvalue weighted by molar-refractivity contribution is 7.85. The first-order valence-electron chi connectivity index (χ1n) is 6.18. The lowest BCUT2D eigenvalue weighted by molar-refractivity contribution is -0.120. The van der Waals surface area contributed by atoms with Crippen molar-refractivity contribution in [3.05, 3.63) is 29.8 Å². The van der Waals surface area contributed by atoms with E-state index in [0.717, 1.165) is 17.6 Å². The minimum absolute atomic E-state index is 0.0305. The van der Waals surface area contributed by atoms with Crippen LogP contribution in [-0.2, 0) is 19.1 Å². The molecule has 1 fully saturated rings. The number of carbonyl (C=O) groups is 1. The van der Waals surface area contributed by atoms with Gasteiger partial charge in [0.05, 0.1) is 31.9 Å². The number of hydrogen-bond acceptors (Lipinski definition) is 5. The summed E-state index contributed by atoms with van der Waals surface area (Å²) in [4.78, 5) is 11.9. The van der Waals surface area contributed by atoms with Crippen LogP contribution in [-0.4, -0.2) is 40.3 Å². The standard InChI is InChI=1S/C13H17NO5S/c1-18-11-5-3-9(4-6-11)12-7-10(14-13(12)15)8-19-20(2,16)17/h3-6,10,12H,7-8H2,1-2H3,(H,14,15)/t10?,12-/m0/s1. The molecular formula is C13H17NO5S. The molecule has 2 rings (SSSR count). The van der Waals surface area contributed by atoms with Crippen molar-refractivity contribution in [2.24, 2.45) is 0 Å². The van der Waals surface area contributed by atoms with Gasteiger partial charge in [-0.15, -0.1) is 0 Å². The van der Waals surface area contributed by atoms with Crippen molar-refractivity contribution in [2.45, 2.75) is 18.4 Å². The highest BCUT2D eigenvalue weighted by Crippen LogP contribution is 2.28. The lowest BCUT2D eigenvalue weighted by atomic mass is 9.96. The maximum Gasteiger partial charge on any atom is 0.264 e. The van der Waals surface area contributed by atoms with E-state index in [9.17, 15) is 13.2 Å². The van der Waals surface area contributed by atoms with Crippen LogP contribution in [0.5, 0.6) is 5.75 Å².